The molecule has 1 saturated heterocycles. The summed E-state index contributed by atoms with van der Waals surface area (Å²) in [5.74, 6) is 0.681. The van der Waals surface area contributed by atoms with Crippen LogP contribution >= 0.6 is 0 Å². The third-order valence-electron chi connectivity index (χ3n) is 5.33. The molecule has 1 N–H and O–H groups in total. The number of H-pyrrole nitrogens is 1. The zero-order chi connectivity index (χ0) is 16.2. The summed E-state index contributed by atoms with van der Waals surface area (Å²) in [6.45, 7) is 1.16. The Hall–Kier alpha value is -1.37. The fraction of sp³-hybridized carbons (Fsp3) is 0.529. The molecule has 2 aromatic rings. The summed E-state index contributed by atoms with van der Waals surface area (Å²) in [6, 6.07) is 6.94. The molecule has 1 aliphatic carbocycles. The van der Waals surface area contributed by atoms with E-state index in [0.717, 1.165) is 25.6 Å². The van der Waals surface area contributed by atoms with Crippen molar-refractivity contribution >= 4 is 21.0 Å². The molecule has 0 radical (unpaired) electrons. The largest absolute Gasteiger partial charge is 0.361 e. The van der Waals surface area contributed by atoms with Crippen LogP contribution in [0.1, 0.15) is 23.5 Å². The topological polar surface area (TPSA) is 62.4 Å². The standard InChI is InChI=1S/C17H22N2O3S/c1-19-9-11(10-22-23(2,20)21)6-14-13-4-3-5-15-17(13)12(8-18-15)7-16(14)19/h3-5,8,11,14,16,18H,6-7,9-10H2,1-2H3/t11-,14?,16-/m1/s1. The van der Waals surface area contributed by atoms with Crippen molar-refractivity contribution in [2.24, 2.45) is 5.92 Å². The first-order chi connectivity index (χ1) is 10.9. The zero-order valence-corrected chi connectivity index (χ0v) is 14.3. The number of nitrogens with one attached hydrogen (secondary N) is 1. The van der Waals surface area contributed by atoms with Crippen LogP contribution in [0.3, 0.4) is 0 Å². The fourth-order valence-electron chi connectivity index (χ4n) is 4.39. The van der Waals surface area contributed by atoms with Crippen molar-refractivity contribution in [2.75, 3.05) is 26.5 Å². The van der Waals surface area contributed by atoms with E-state index in [1.165, 1.54) is 22.0 Å². The van der Waals surface area contributed by atoms with Gasteiger partial charge in [0.05, 0.1) is 12.9 Å². The molecular weight excluding hydrogens is 312 g/mol. The molecule has 1 aromatic heterocycles. The van der Waals surface area contributed by atoms with Crippen LogP contribution in [-0.2, 0) is 20.7 Å². The van der Waals surface area contributed by atoms with Crippen LogP contribution in [0.15, 0.2) is 24.4 Å². The van der Waals surface area contributed by atoms with E-state index in [1.54, 1.807) is 0 Å². The van der Waals surface area contributed by atoms with Gasteiger partial charge in [0.25, 0.3) is 10.1 Å². The van der Waals surface area contributed by atoms with E-state index in [9.17, 15) is 8.42 Å². The van der Waals surface area contributed by atoms with Gasteiger partial charge in [0.15, 0.2) is 0 Å². The Bertz CT molecular complexity index is 843. The van der Waals surface area contributed by atoms with Crippen LogP contribution in [0, 0.1) is 5.92 Å². The summed E-state index contributed by atoms with van der Waals surface area (Å²) in [7, 11) is -1.23. The maximum absolute atomic E-state index is 11.3. The van der Waals surface area contributed by atoms with Crippen molar-refractivity contribution in [1.82, 2.24) is 9.88 Å². The number of nitrogens with zero attached hydrogens (tertiary/aromatic N) is 1. The quantitative estimate of drug-likeness (QED) is 0.873. The average molecular weight is 334 g/mol. The predicted molar refractivity (Wildman–Crippen MR) is 90.1 cm³/mol. The number of aromatic amines is 1. The van der Waals surface area contributed by atoms with Gasteiger partial charge in [0.1, 0.15) is 0 Å². The number of benzene rings is 1. The molecule has 0 bridgehead atoms. The van der Waals surface area contributed by atoms with Crippen LogP contribution in [-0.4, -0.2) is 50.8 Å². The summed E-state index contributed by atoms with van der Waals surface area (Å²) in [5.41, 5.74) is 3.99. The van der Waals surface area contributed by atoms with Gasteiger partial charge in [-0.2, -0.15) is 8.42 Å². The second-order valence-corrected chi connectivity index (χ2v) is 8.64. The maximum Gasteiger partial charge on any atom is 0.264 e. The number of likely N-dealkylation sites (tertiary alicyclic amines) is 1. The van der Waals surface area contributed by atoms with Crippen LogP contribution in [0.2, 0.25) is 0 Å². The Morgan fingerprint density at radius 1 is 1.39 bits per heavy atom. The van der Waals surface area contributed by atoms with Crippen LogP contribution < -0.4 is 0 Å². The molecule has 6 heteroatoms. The number of likely N-dealkylation sites (N-methyl/N-ethyl adjacent to an activating group) is 1. The number of rotatable bonds is 3. The Kier molecular flexibility index (Phi) is 3.51. The molecule has 124 valence electrons. The molecule has 1 unspecified atom stereocenters. The highest BCUT2D eigenvalue weighted by molar-refractivity contribution is 7.85. The molecular formula is C17H22N2O3S. The minimum absolute atomic E-state index is 0.242. The van der Waals surface area contributed by atoms with Crippen LogP contribution in [0.25, 0.3) is 10.9 Å². The molecule has 1 aromatic carbocycles. The number of piperidine rings is 1. The summed E-state index contributed by atoms with van der Waals surface area (Å²) in [4.78, 5) is 5.75. The lowest BCUT2D eigenvalue weighted by Gasteiger charge is -2.45. The summed E-state index contributed by atoms with van der Waals surface area (Å²) < 4.78 is 27.6. The molecule has 0 spiro atoms. The monoisotopic (exact) mass is 334 g/mol. The van der Waals surface area contributed by atoms with E-state index < -0.39 is 10.1 Å². The SMILES string of the molecule is CN1C[C@H](COS(C)(=O)=O)CC2c3cccc4[nH]cc(c34)C[C@H]21. The number of aromatic nitrogens is 1. The van der Waals surface area contributed by atoms with Crippen molar-refractivity contribution in [3.8, 4) is 0 Å². The molecule has 1 fully saturated rings. The van der Waals surface area contributed by atoms with E-state index in [4.69, 9.17) is 4.18 Å². The first kappa shape index (κ1) is 15.2. The molecule has 2 heterocycles. The van der Waals surface area contributed by atoms with E-state index in [-0.39, 0.29) is 12.5 Å². The minimum atomic E-state index is -3.37. The van der Waals surface area contributed by atoms with Gasteiger partial charge in [-0.1, -0.05) is 12.1 Å². The van der Waals surface area contributed by atoms with Gasteiger partial charge < -0.3 is 9.88 Å². The van der Waals surface area contributed by atoms with E-state index in [1.807, 2.05) is 0 Å². The summed E-state index contributed by atoms with van der Waals surface area (Å²) in [5, 5.41) is 1.37. The average Bonchev–Trinajstić information content (AvgIpc) is 2.90. The van der Waals surface area contributed by atoms with Crippen molar-refractivity contribution in [2.45, 2.75) is 24.8 Å². The molecule has 4 rings (SSSR count). The fourth-order valence-corrected chi connectivity index (χ4v) is 4.83. The highest BCUT2D eigenvalue weighted by atomic mass is 32.2. The zero-order valence-electron chi connectivity index (χ0n) is 13.5. The van der Waals surface area contributed by atoms with E-state index in [2.05, 4.69) is 41.3 Å². The first-order valence-corrected chi connectivity index (χ1v) is 9.87. The molecule has 0 amide bonds. The van der Waals surface area contributed by atoms with Gasteiger partial charge in [-0.15, -0.1) is 0 Å². The highest BCUT2D eigenvalue weighted by Crippen LogP contribution is 2.44. The van der Waals surface area contributed by atoms with E-state index >= 15 is 0 Å². The molecule has 1 aliphatic heterocycles. The van der Waals surface area contributed by atoms with Crippen molar-refractivity contribution in [1.29, 1.82) is 0 Å². The maximum atomic E-state index is 11.3. The molecule has 2 aliphatic rings. The number of fused-ring (bicyclic) bond motifs is 2. The third kappa shape index (κ3) is 2.69. The first-order valence-electron chi connectivity index (χ1n) is 8.06. The predicted octanol–water partition coefficient (Wildman–Crippen LogP) is 2.10. The second-order valence-electron chi connectivity index (χ2n) is 6.99. The lowest BCUT2D eigenvalue weighted by atomic mass is 9.72. The van der Waals surface area contributed by atoms with Gasteiger partial charge in [-0.3, -0.25) is 4.18 Å². The minimum Gasteiger partial charge on any atom is -0.361 e. The lowest BCUT2D eigenvalue weighted by molar-refractivity contribution is 0.0856. The second kappa shape index (κ2) is 5.33. The van der Waals surface area contributed by atoms with Gasteiger partial charge in [0, 0.05) is 35.6 Å². The number of hydrogen-bond donors (Lipinski definition) is 1. The number of hydrogen-bond acceptors (Lipinski definition) is 4. The van der Waals surface area contributed by atoms with Crippen LogP contribution in [0.4, 0.5) is 0 Å². The third-order valence-corrected chi connectivity index (χ3v) is 5.89. The van der Waals surface area contributed by atoms with Gasteiger partial charge >= 0.3 is 0 Å². The lowest BCUT2D eigenvalue weighted by Crippen LogP contribution is -2.48. The van der Waals surface area contributed by atoms with Gasteiger partial charge in [-0.25, -0.2) is 0 Å². The molecule has 3 atom stereocenters. The van der Waals surface area contributed by atoms with Crippen molar-refractivity contribution in [3.63, 3.8) is 0 Å². The normalized spacial score (nSPS) is 28.0. The highest BCUT2D eigenvalue weighted by Gasteiger charge is 2.39. The van der Waals surface area contributed by atoms with Gasteiger partial charge in [0.2, 0.25) is 0 Å². The van der Waals surface area contributed by atoms with Crippen LogP contribution in [0.5, 0.6) is 0 Å². The van der Waals surface area contributed by atoms with Crippen molar-refractivity contribution < 1.29 is 12.6 Å². The Morgan fingerprint density at radius 3 is 3.00 bits per heavy atom. The van der Waals surface area contributed by atoms with E-state index in [0.29, 0.717) is 12.0 Å². The van der Waals surface area contributed by atoms with Crippen molar-refractivity contribution in [3.05, 3.63) is 35.5 Å². The summed E-state index contributed by atoms with van der Waals surface area (Å²) in [6.07, 6.45) is 5.29. The Balaban J connectivity index is 1.65. The Labute approximate surface area is 136 Å². The Morgan fingerprint density at radius 2 is 2.22 bits per heavy atom. The molecule has 5 nitrogen and oxygen atoms in total. The molecule has 23 heavy (non-hydrogen) atoms. The van der Waals surface area contributed by atoms with Gasteiger partial charge in [-0.05, 0) is 43.0 Å². The summed E-state index contributed by atoms with van der Waals surface area (Å²) >= 11 is 0. The smallest absolute Gasteiger partial charge is 0.264 e. The molecule has 0 saturated carbocycles.